The highest BCUT2D eigenvalue weighted by Gasteiger charge is 2.23. The molecule has 0 amide bonds. The standard InChI is InChI=1S/C26H37N3O2/c1-6-8-11-19(7-2)18-31-15-14-20-16-21(26(3,4)5)25(30)24(17-20)29-27-22-12-9-10-13-23(22)28-29/h9-10,12-13,16-17,19,30H,6-8,11,14-15,18H2,1-5H3. The van der Waals surface area contributed by atoms with Gasteiger partial charge in [0.05, 0.1) is 6.61 Å². The average Bonchev–Trinajstić information content (AvgIpc) is 3.17. The zero-order chi connectivity index (χ0) is 22.4. The van der Waals surface area contributed by atoms with Crippen molar-refractivity contribution in [1.29, 1.82) is 0 Å². The van der Waals surface area contributed by atoms with Gasteiger partial charge in [-0.25, -0.2) is 0 Å². The fourth-order valence-electron chi connectivity index (χ4n) is 3.85. The SMILES string of the molecule is CCCCC(CC)COCCc1cc(-n2nc3ccccc3n2)c(O)c(C(C)(C)C)c1. The monoisotopic (exact) mass is 423 g/mol. The summed E-state index contributed by atoms with van der Waals surface area (Å²) in [6.45, 7) is 12.3. The second kappa shape index (κ2) is 10.3. The van der Waals surface area contributed by atoms with E-state index in [2.05, 4.69) is 50.9 Å². The van der Waals surface area contributed by atoms with Gasteiger partial charge >= 0.3 is 0 Å². The summed E-state index contributed by atoms with van der Waals surface area (Å²) in [7, 11) is 0. The first kappa shape index (κ1) is 23.3. The van der Waals surface area contributed by atoms with Crippen LogP contribution in [0.5, 0.6) is 5.75 Å². The number of hydrogen-bond donors (Lipinski definition) is 1. The van der Waals surface area contributed by atoms with Gasteiger partial charge < -0.3 is 9.84 Å². The quantitative estimate of drug-likeness (QED) is 0.394. The van der Waals surface area contributed by atoms with Crippen molar-refractivity contribution in [2.75, 3.05) is 13.2 Å². The van der Waals surface area contributed by atoms with Crippen LogP contribution in [0.2, 0.25) is 0 Å². The Hall–Kier alpha value is -2.40. The van der Waals surface area contributed by atoms with Crippen LogP contribution in [0.4, 0.5) is 0 Å². The van der Waals surface area contributed by atoms with E-state index in [9.17, 15) is 5.11 Å². The third-order valence-corrected chi connectivity index (χ3v) is 5.89. The average molecular weight is 424 g/mol. The number of aromatic hydroxyl groups is 1. The molecule has 1 unspecified atom stereocenters. The topological polar surface area (TPSA) is 60.2 Å². The molecule has 1 aromatic heterocycles. The van der Waals surface area contributed by atoms with Crippen molar-refractivity contribution >= 4 is 11.0 Å². The molecule has 5 nitrogen and oxygen atoms in total. The summed E-state index contributed by atoms with van der Waals surface area (Å²) in [6.07, 6.45) is 5.70. The second-order valence-corrected chi connectivity index (χ2v) is 9.48. The molecule has 3 rings (SSSR count). The summed E-state index contributed by atoms with van der Waals surface area (Å²) in [5.74, 6) is 0.879. The molecule has 31 heavy (non-hydrogen) atoms. The summed E-state index contributed by atoms with van der Waals surface area (Å²) in [4.78, 5) is 1.55. The number of aromatic nitrogens is 3. The molecule has 0 spiro atoms. The van der Waals surface area contributed by atoms with Gasteiger partial charge in [0.25, 0.3) is 0 Å². The van der Waals surface area contributed by atoms with Gasteiger partial charge in [-0.15, -0.1) is 15.0 Å². The van der Waals surface area contributed by atoms with Crippen molar-refractivity contribution in [2.24, 2.45) is 5.92 Å². The van der Waals surface area contributed by atoms with Crippen molar-refractivity contribution in [3.8, 4) is 11.4 Å². The summed E-state index contributed by atoms with van der Waals surface area (Å²) >= 11 is 0. The van der Waals surface area contributed by atoms with Crippen LogP contribution in [-0.4, -0.2) is 33.3 Å². The van der Waals surface area contributed by atoms with Gasteiger partial charge in [0.1, 0.15) is 22.5 Å². The molecule has 0 aliphatic carbocycles. The number of fused-ring (bicyclic) bond motifs is 1. The van der Waals surface area contributed by atoms with Crippen LogP contribution in [0.25, 0.3) is 16.7 Å². The summed E-state index contributed by atoms with van der Waals surface area (Å²) < 4.78 is 6.04. The van der Waals surface area contributed by atoms with Gasteiger partial charge in [-0.1, -0.05) is 72.1 Å². The fraction of sp³-hybridized carbons (Fsp3) is 0.538. The third kappa shape index (κ3) is 5.85. The zero-order valence-corrected chi connectivity index (χ0v) is 19.7. The molecule has 1 atom stereocenters. The van der Waals surface area contributed by atoms with Gasteiger partial charge in [0.15, 0.2) is 0 Å². The lowest BCUT2D eigenvalue weighted by molar-refractivity contribution is 0.0963. The number of phenols is 1. The normalized spacial score (nSPS) is 13.1. The molecule has 2 aromatic carbocycles. The maximum Gasteiger partial charge on any atom is 0.146 e. The first-order chi connectivity index (χ1) is 14.8. The van der Waals surface area contributed by atoms with Crippen molar-refractivity contribution in [1.82, 2.24) is 15.0 Å². The molecule has 0 aliphatic heterocycles. The Labute approximate surface area is 186 Å². The van der Waals surface area contributed by atoms with E-state index in [0.717, 1.165) is 41.6 Å². The lowest BCUT2D eigenvalue weighted by atomic mass is 9.84. The number of nitrogens with zero attached hydrogens (tertiary/aromatic N) is 3. The Morgan fingerprint density at radius 2 is 1.74 bits per heavy atom. The highest BCUT2D eigenvalue weighted by molar-refractivity contribution is 5.73. The Morgan fingerprint density at radius 3 is 2.32 bits per heavy atom. The van der Waals surface area contributed by atoms with Crippen LogP contribution in [-0.2, 0) is 16.6 Å². The second-order valence-electron chi connectivity index (χ2n) is 9.48. The molecule has 0 radical (unpaired) electrons. The molecule has 5 heteroatoms. The van der Waals surface area contributed by atoms with Crippen LogP contribution >= 0.6 is 0 Å². The van der Waals surface area contributed by atoms with Crippen LogP contribution in [0.15, 0.2) is 36.4 Å². The third-order valence-electron chi connectivity index (χ3n) is 5.89. The molecule has 1 N–H and O–H groups in total. The Balaban J connectivity index is 1.81. The van der Waals surface area contributed by atoms with E-state index in [-0.39, 0.29) is 11.2 Å². The Bertz CT molecular complexity index is 955. The predicted molar refractivity (Wildman–Crippen MR) is 127 cm³/mol. The predicted octanol–water partition coefficient (Wildman–Crippen LogP) is 6.20. The van der Waals surface area contributed by atoms with Crippen LogP contribution in [0, 0.1) is 5.92 Å². The first-order valence-corrected chi connectivity index (χ1v) is 11.6. The van der Waals surface area contributed by atoms with Gasteiger partial charge in [-0.2, -0.15) is 0 Å². The maximum absolute atomic E-state index is 11.1. The van der Waals surface area contributed by atoms with Crippen molar-refractivity contribution < 1.29 is 9.84 Å². The highest BCUT2D eigenvalue weighted by Crippen LogP contribution is 2.36. The number of rotatable bonds is 10. The number of phenolic OH excluding ortho intramolecular Hbond substituents is 1. The molecule has 0 aliphatic rings. The summed E-state index contributed by atoms with van der Waals surface area (Å²) in [5, 5.41) is 20.2. The van der Waals surface area contributed by atoms with Gasteiger partial charge in [-0.3, -0.25) is 0 Å². The lowest BCUT2D eigenvalue weighted by Crippen LogP contribution is -2.15. The molecule has 0 saturated carbocycles. The fourth-order valence-corrected chi connectivity index (χ4v) is 3.85. The number of benzene rings is 2. The first-order valence-electron chi connectivity index (χ1n) is 11.6. The van der Waals surface area contributed by atoms with E-state index in [1.807, 2.05) is 30.3 Å². The zero-order valence-electron chi connectivity index (χ0n) is 19.7. The molecule has 168 valence electrons. The molecule has 3 aromatic rings. The van der Waals surface area contributed by atoms with Crippen LogP contribution in [0.1, 0.15) is 71.4 Å². The lowest BCUT2D eigenvalue weighted by Gasteiger charge is -2.23. The minimum absolute atomic E-state index is 0.199. The number of ether oxygens (including phenoxy) is 1. The minimum atomic E-state index is -0.199. The van der Waals surface area contributed by atoms with E-state index < -0.39 is 0 Å². The maximum atomic E-state index is 11.1. The van der Waals surface area contributed by atoms with Gasteiger partial charge in [-0.05, 0) is 47.9 Å². The van der Waals surface area contributed by atoms with E-state index in [4.69, 9.17) is 4.74 Å². The summed E-state index contributed by atoms with van der Waals surface area (Å²) in [5.41, 5.74) is 4.07. The van der Waals surface area contributed by atoms with Crippen molar-refractivity contribution in [3.05, 3.63) is 47.5 Å². The molecule has 0 saturated heterocycles. The number of unbranched alkanes of at least 4 members (excludes halogenated alkanes) is 1. The van der Waals surface area contributed by atoms with Crippen molar-refractivity contribution in [3.63, 3.8) is 0 Å². The molecule has 1 heterocycles. The van der Waals surface area contributed by atoms with Gasteiger partial charge in [0.2, 0.25) is 0 Å². The minimum Gasteiger partial charge on any atom is -0.505 e. The molecular weight excluding hydrogens is 386 g/mol. The molecular formula is C26H37N3O2. The van der Waals surface area contributed by atoms with Crippen LogP contribution < -0.4 is 0 Å². The molecule has 0 fully saturated rings. The number of hydrogen-bond acceptors (Lipinski definition) is 4. The summed E-state index contributed by atoms with van der Waals surface area (Å²) in [6, 6.07) is 11.8. The smallest absolute Gasteiger partial charge is 0.146 e. The largest absolute Gasteiger partial charge is 0.505 e. The van der Waals surface area contributed by atoms with E-state index in [0.29, 0.717) is 18.2 Å². The molecule has 0 bridgehead atoms. The van der Waals surface area contributed by atoms with E-state index >= 15 is 0 Å². The van der Waals surface area contributed by atoms with Crippen LogP contribution in [0.3, 0.4) is 0 Å². The van der Waals surface area contributed by atoms with Crippen molar-refractivity contribution in [2.45, 2.75) is 72.1 Å². The highest BCUT2D eigenvalue weighted by atomic mass is 16.5. The van der Waals surface area contributed by atoms with E-state index in [1.54, 1.807) is 4.80 Å². The van der Waals surface area contributed by atoms with Gasteiger partial charge in [0, 0.05) is 12.2 Å². The van der Waals surface area contributed by atoms with E-state index in [1.165, 1.54) is 19.3 Å². The Morgan fingerprint density at radius 1 is 1.06 bits per heavy atom. The Kier molecular flexibility index (Phi) is 7.71.